The molecule has 0 bridgehead atoms. The Kier molecular flexibility index (Phi) is 3.93. The summed E-state index contributed by atoms with van der Waals surface area (Å²) in [5, 5.41) is 8.75. The molecule has 1 aromatic heterocycles. The number of thiophene rings is 1. The van der Waals surface area contributed by atoms with Gasteiger partial charge in [-0.3, -0.25) is 0 Å². The molecule has 1 aromatic rings. The second kappa shape index (κ2) is 5.43. The molecule has 2 rings (SSSR count). The average Bonchev–Trinajstić information content (AvgIpc) is 2.87. The quantitative estimate of drug-likeness (QED) is 0.859. The molecule has 1 atom stereocenters. The van der Waals surface area contributed by atoms with E-state index in [-0.39, 0.29) is 6.10 Å². The maximum atomic E-state index is 10.6. The molecule has 0 aromatic carbocycles. The van der Waals surface area contributed by atoms with E-state index >= 15 is 0 Å². The highest BCUT2D eigenvalue weighted by molar-refractivity contribution is 7.13. The van der Waals surface area contributed by atoms with Crippen LogP contribution in [0.15, 0.2) is 12.1 Å². The molecule has 2 heterocycles. The van der Waals surface area contributed by atoms with Crippen LogP contribution in [0.25, 0.3) is 0 Å². The van der Waals surface area contributed by atoms with Gasteiger partial charge >= 0.3 is 5.97 Å². The lowest BCUT2D eigenvalue weighted by Crippen LogP contribution is -2.13. The normalized spacial score (nSPS) is 20.1. The van der Waals surface area contributed by atoms with E-state index in [0.29, 0.717) is 18.1 Å². The summed E-state index contributed by atoms with van der Waals surface area (Å²) in [6.07, 6.45) is 2.39. The van der Waals surface area contributed by atoms with Crippen molar-refractivity contribution >= 4 is 17.3 Å². The summed E-state index contributed by atoms with van der Waals surface area (Å²) in [7, 11) is 0. The summed E-state index contributed by atoms with van der Waals surface area (Å²) in [5.74, 6) is -0.879. The molecule has 1 saturated heterocycles. The van der Waals surface area contributed by atoms with E-state index in [4.69, 9.17) is 14.6 Å². The maximum Gasteiger partial charge on any atom is 0.345 e. The van der Waals surface area contributed by atoms with Crippen LogP contribution in [0.4, 0.5) is 0 Å². The molecule has 0 radical (unpaired) electrons. The van der Waals surface area contributed by atoms with E-state index in [1.807, 2.05) is 0 Å². The van der Waals surface area contributed by atoms with Gasteiger partial charge in [-0.1, -0.05) is 0 Å². The number of hydrogen-bond acceptors (Lipinski definition) is 4. The molecular formula is C11H14O4S. The average molecular weight is 242 g/mol. The Morgan fingerprint density at radius 1 is 1.62 bits per heavy atom. The van der Waals surface area contributed by atoms with Gasteiger partial charge in [0.1, 0.15) is 4.88 Å². The van der Waals surface area contributed by atoms with Crippen LogP contribution in [-0.4, -0.2) is 30.4 Å². The Bertz CT molecular complexity index is 355. The fourth-order valence-electron chi connectivity index (χ4n) is 1.64. The van der Waals surface area contributed by atoms with E-state index in [1.165, 1.54) is 11.3 Å². The van der Waals surface area contributed by atoms with Gasteiger partial charge < -0.3 is 14.6 Å². The number of hydrogen-bond donors (Lipinski definition) is 1. The van der Waals surface area contributed by atoms with E-state index in [2.05, 4.69) is 0 Å². The van der Waals surface area contributed by atoms with Crippen LogP contribution >= 0.6 is 11.3 Å². The minimum atomic E-state index is -0.879. The second-order valence-electron chi connectivity index (χ2n) is 3.72. The zero-order valence-electron chi connectivity index (χ0n) is 8.85. The third-order valence-corrected chi connectivity index (χ3v) is 3.49. The zero-order valence-corrected chi connectivity index (χ0v) is 9.66. The topological polar surface area (TPSA) is 55.8 Å². The first kappa shape index (κ1) is 11.6. The number of carboxylic acids is 1. The second-order valence-corrected chi connectivity index (χ2v) is 4.89. The van der Waals surface area contributed by atoms with Gasteiger partial charge in [-0.05, 0) is 25.0 Å². The fourth-order valence-corrected chi connectivity index (χ4v) is 2.42. The Morgan fingerprint density at radius 2 is 2.50 bits per heavy atom. The van der Waals surface area contributed by atoms with Crippen LogP contribution in [0.3, 0.4) is 0 Å². The van der Waals surface area contributed by atoms with Gasteiger partial charge in [0.05, 0.1) is 19.3 Å². The Morgan fingerprint density at radius 3 is 3.12 bits per heavy atom. The SMILES string of the molecule is O=C(O)c1ccc(COCC2CCCO2)s1. The minimum Gasteiger partial charge on any atom is -0.477 e. The maximum absolute atomic E-state index is 10.6. The number of ether oxygens (including phenoxy) is 2. The number of rotatable bonds is 5. The number of carbonyl (C=O) groups is 1. The molecule has 1 N–H and O–H groups in total. The summed E-state index contributed by atoms with van der Waals surface area (Å²) in [4.78, 5) is 11.9. The molecule has 4 nitrogen and oxygen atoms in total. The molecule has 1 unspecified atom stereocenters. The monoisotopic (exact) mass is 242 g/mol. The van der Waals surface area contributed by atoms with Crippen molar-refractivity contribution in [2.75, 3.05) is 13.2 Å². The van der Waals surface area contributed by atoms with E-state index in [0.717, 1.165) is 24.3 Å². The van der Waals surface area contributed by atoms with Gasteiger partial charge in [0, 0.05) is 11.5 Å². The fraction of sp³-hybridized carbons (Fsp3) is 0.545. The Balaban J connectivity index is 1.74. The van der Waals surface area contributed by atoms with E-state index in [9.17, 15) is 4.79 Å². The summed E-state index contributed by atoms with van der Waals surface area (Å²) < 4.78 is 10.9. The van der Waals surface area contributed by atoms with Gasteiger partial charge in [0.15, 0.2) is 0 Å². The predicted molar refractivity (Wildman–Crippen MR) is 59.9 cm³/mol. The Labute approximate surface area is 97.8 Å². The molecule has 1 aliphatic rings. The molecule has 5 heteroatoms. The van der Waals surface area contributed by atoms with Gasteiger partial charge in [-0.15, -0.1) is 11.3 Å². The summed E-state index contributed by atoms with van der Waals surface area (Å²) in [6, 6.07) is 3.40. The molecule has 0 aliphatic carbocycles. The van der Waals surface area contributed by atoms with Gasteiger partial charge in [-0.2, -0.15) is 0 Å². The molecule has 0 spiro atoms. The molecule has 1 fully saturated rings. The van der Waals surface area contributed by atoms with Crippen LogP contribution in [0.1, 0.15) is 27.4 Å². The van der Waals surface area contributed by atoms with Crippen molar-refractivity contribution in [3.05, 3.63) is 21.9 Å². The van der Waals surface area contributed by atoms with Crippen molar-refractivity contribution < 1.29 is 19.4 Å². The van der Waals surface area contributed by atoms with Crippen LogP contribution < -0.4 is 0 Å². The largest absolute Gasteiger partial charge is 0.477 e. The van der Waals surface area contributed by atoms with Crippen molar-refractivity contribution in [2.45, 2.75) is 25.6 Å². The lowest BCUT2D eigenvalue weighted by molar-refractivity contribution is 0.0114. The zero-order chi connectivity index (χ0) is 11.4. The summed E-state index contributed by atoms with van der Waals surface area (Å²) >= 11 is 1.26. The third-order valence-electron chi connectivity index (χ3n) is 2.44. The van der Waals surface area contributed by atoms with Gasteiger partial charge in [-0.25, -0.2) is 4.79 Å². The molecule has 1 aliphatic heterocycles. The van der Waals surface area contributed by atoms with Crippen molar-refractivity contribution in [1.82, 2.24) is 0 Å². The molecule has 88 valence electrons. The minimum absolute atomic E-state index is 0.221. The van der Waals surface area contributed by atoms with Gasteiger partial charge in [0.25, 0.3) is 0 Å². The van der Waals surface area contributed by atoms with E-state index < -0.39 is 5.97 Å². The summed E-state index contributed by atoms with van der Waals surface area (Å²) in [6.45, 7) is 1.90. The number of aromatic carboxylic acids is 1. The van der Waals surface area contributed by atoms with Crippen molar-refractivity contribution in [3.63, 3.8) is 0 Å². The molecule has 0 amide bonds. The van der Waals surface area contributed by atoms with Crippen molar-refractivity contribution in [2.24, 2.45) is 0 Å². The molecular weight excluding hydrogens is 228 g/mol. The van der Waals surface area contributed by atoms with Crippen molar-refractivity contribution in [3.8, 4) is 0 Å². The lowest BCUT2D eigenvalue weighted by atomic mass is 10.2. The first-order chi connectivity index (χ1) is 7.75. The van der Waals surface area contributed by atoms with Crippen LogP contribution in [-0.2, 0) is 16.1 Å². The molecule has 0 saturated carbocycles. The third kappa shape index (κ3) is 3.04. The highest BCUT2D eigenvalue weighted by Crippen LogP contribution is 2.18. The van der Waals surface area contributed by atoms with Crippen LogP contribution in [0.2, 0.25) is 0 Å². The highest BCUT2D eigenvalue weighted by Gasteiger charge is 2.15. The van der Waals surface area contributed by atoms with Crippen molar-refractivity contribution in [1.29, 1.82) is 0 Å². The van der Waals surface area contributed by atoms with Gasteiger partial charge in [0.2, 0.25) is 0 Å². The van der Waals surface area contributed by atoms with Crippen LogP contribution in [0, 0.1) is 0 Å². The Hall–Kier alpha value is -0.910. The number of carboxylic acid groups (broad SMARTS) is 1. The van der Waals surface area contributed by atoms with Crippen LogP contribution in [0.5, 0.6) is 0 Å². The first-order valence-electron chi connectivity index (χ1n) is 5.27. The smallest absolute Gasteiger partial charge is 0.345 e. The molecule has 16 heavy (non-hydrogen) atoms. The lowest BCUT2D eigenvalue weighted by Gasteiger charge is -2.08. The first-order valence-corrected chi connectivity index (χ1v) is 6.08. The predicted octanol–water partition coefficient (Wildman–Crippen LogP) is 2.14. The van der Waals surface area contributed by atoms with E-state index in [1.54, 1.807) is 12.1 Å². The standard InChI is InChI=1S/C11H14O4S/c12-11(13)10-4-3-9(16-10)7-14-6-8-2-1-5-15-8/h3-4,8H,1-2,5-7H2,(H,12,13). The summed E-state index contributed by atoms with van der Waals surface area (Å²) in [5.41, 5.74) is 0. The highest BCUT2D eigenvalue weighted by atomic mass is 32.1.